The molecule has 0 spiro atoms. The lowest BCUT2D eigenvalue weighted by atomic mass is 9.68. The Bertz CT molecular complexity index is 1540. The van der Waals surface area contributed by atoms with E-state index >= 15 is 0 Å². The molecule has 0 bridgehead atoms. The Morgan fingerprint density at radius 1 is 0.605 bits per heavy atom. The van der Waals surface area contributed by atoms with Gasteiger partial charge in [-0.05, 0) is 103 Å². The molecule has 1 saturated heterocycles. The standard InChI is InChI=1S/C35H43N3/c1-24-21-22-32(2,3)33(4,5)38-31(24)37(34(6,7)35(38,8)9)26-16-14-15-25(23-26)36-29-19-12-10-17-27(29)28-18-11-13-20-30(28)36/h10-20,23H,21-22H2,1-9H3. The molecular weight excluding hydrogens is 462 g/mol. The van der Waals surface area contributed by atoms with Crippen molar-refractivity contribution in [2.45, 2.75) is 91.8 Å². The molecule has 4 aromatic rings. The molecule has 38 heavy (non-hydrogen) atoms. The molecule has 2 aliphatic heterocycles. The van der Waals surface area contributed by atoms with Crippen LogP contribution < -0.4 is 4.90 Å². The number of aromatic nitrogens is 1. The van der Waals surface area contributed by atoms with Crippen LogP contribution in [0.5, 0.6) is 0 Å². The van der Waals surface area contributed by atoms with Gasteiger partial charge in [-0.3, -0.25) is 0 Å². The molecule has 1 fully saturated rings. The maximum atomic E-state index is 2.77. The van der Waals surface area contributed by atoms with E-state index in [1.54, 1.807) is 0 Å². The van der Waals surface area contributed by atoms with Crippen LogP contribution in [-0.2, 0) is 0 Å². The molecule has 3 heteroatoms. The zero-order chi connectivity index (χ0) is 27.3. The maximum absolute atomic E-state index is 2.77. The number of nitrogens with zero attached hydrogens (tertiary/aromatic N) is 3. The van der Waals surface area contributed by atoms with E-state index in [4.69, 9.17) is 0 Å². The number of anilines is 1. The van der Waals surface area contributed by atoms with Crippen molar-refractivity contribution in [2.24, 2.45) is 5.41 Å². The van der Waals surface area contributed by atoms with E-state index in [1.165, 1.54) is 51.0 Å². The molecule has 198 valence electrons. The molecule has 1 aromatic heterocycles. The van der Waals surface area contributed by atoms with Gasteiger partial charge >= 0.3 is 0 Å². The van der Waals surface area contributed by atoms with Crippen LogP contribution in [0.2, 0.25) is 0 Å². The maximum Gasteiger partial charge on any atom is 0.109 e. The van der Waals surface area contributed by atoms with Gasteiger partial charge in [-0.15, -0.1) is 0 Å². The topological polar surface area (TPSA) is 11.4 Å². The van der Waals surface area contributed by atoms with Gasteiger partial charge in [0.05, 0.1) is 22.1 Å². The van der Waals surface area contributed by atoms with Crippen molar-refractivity contribution in [3.05, 3.63) is 84.2 Å². The van der Waals surface area contributed by atoms with E-state index < -0.39 is 0 Å². The van der Waals surface area contributed by atoms with Crippen molar-refractivity contribution < 1.29 is 0 Å². The van der Waals surface area contributed by atoms with E-state index in [9.17, 15) is 0 Å². The fraction of sp³-hybridized carbons (Fsp3) is 0.429. The fourth-order valence-corrected chi connectivity index (χ4v) is 7.16. The Hall–Kier alpha value is -3.20. The lowest BCUT2D eigenvalue weighted by molar-refractivity contribution is -0.0220. The first-order valence-electron chi connectivity index (χ1n) is 14.2. The quantitative estimate of drug-likeness (QED) is 0.269. The highest BCUT2D eigenvalue weighted by Gasteiger charge is 2.62. The monoisotopic (exact) mass is 505 g/mol. The minimum Gasteiger partial charge on any atom is -0.345 e. The molecule has 0 unspecified atom stereocenters. The fourth-order valence-electron chi connectivity index (χ4n) is 7.16. The molecule has 0 radical (unpaired) electrons. The van der Waals surface area contributed by atoms with Gasteiger partial charge in [0, 0.05) is 27.7 Å². The van der Waals surface area contributed by atoms with Crippen LogP contribution in [0.4, 0.5) is 5.69 Å². The number of fused-ring (bicyclic) bond motifs is 4. The Labute approximate surface area is 228 Å². The summed E-state index contributed by atoms with van der Waals surface area (Å²) < 4.78 is 2.43. The van der Waals surface area contributed by atoms with Crippen LogP contribution >= 0.6 is 0 Å². The van der Waals surface area contributed by atoms with Crippen LogP contribution in [0, 0.1) is 5.41 Å². The van der Waals surface area contributed by atoms with E-state index in [2.05, 4.69) is 149 Å². The minimum absolute atomic E-state index is 0.0000558. The Morgan fingerprint density at radius 3 is 1.76 bits per heavy atom. The average molecular weight is 506 g/mol. The second-order valence-electron chi connectivity index (χ2n) is 13.7. The van der Waals surface area contributed by atoms with Crippen LogP contribution in [0.3, 0.4) is 0 Å². The van der Waals surface area contributed by atoms with Crippen molar-refractivity contribution >= 4 is 27.5 Å². The van der Waals surface area contributed by atoms with Crippen molar-refractivity contribution in [1.29, 1.82) is 0 Å². The summed E-state index contributed by atoms with van der Waals surface area (Å²) in [7, 11) is 0. The van der Waals surface area contributed by atoms with Gasteiger partial charge in [-0.2, -0.15) is 0 Å². The highest BCUT2D eigenvalue weighted by Crippen LogP contribution is 2.58. The summed E-state index contributed by atoms with van der Waals surface area (Å²) in [5, 5.41) is 2.60. The van der Waals surface area contributed by atoms with Crippen LogP contribution in [0.1, 0.15) is 75.2 Å². The van der Waals surface area contributed by atoms with Gasteiger partial charge in [-0.25, -0.2) is 0 Å². The zero-order valence-corrected chi connectivity index (χ0v) is 24.7. The summed E-state index contributed by atoms with van der Waals surface area (Å²) in [5.41, 5.74) is 6.45. The number of hydrogen-bond donors (Lipinski definition) is 0. The average Bonchev–Trinajstić information content (AvgIpc) is 3.26. The molecule has 0 amide bonds. The number of rotatable bonds is 2. The van der Waals surface area contributed by atoms with E-state index in [1.807, 2.05) is 0 Å². The molecule has 0 N–H and O–H groups in total. The third-order valence-electron chi connectivity index (χ3n) is 10.7. The summed E-state index contributed by atoms with van der Waals surface area (Å²) in [6.45, 7) is 21.9. The number of benzene rings is 3. The van der Waals surface area contributed by atoms with Gasteiger partial charge in [0.25, 0.3) is 0 Å². The summed E-state index contributed by atoms with van der Waals surface area (Å²) in [5.74, 6) is 1.40. The van der Waals surface area contributed by atoms with Crippen LogP contribution in [-0.4, -0.2) is 26.1 Å². The van der Waals surface area contributed by atoms with E-state index in [0.717, 1.165) is 6.42 Å². The molecule has 0 saturated carbocycles. The van der Waals surface area contributed by atoms with Crippen molar-refractivity contribution in [2.75, 3.05) is 4.90 Å². The smallest absolute Gasteiger partial charge is 0.109 e. The Morgan fingerprint density at radius 2 is 1.16 bits per heavy atom. The lowest BCUT2D eigenvalue weighted by Crippen LogP contribution is -2.62. The largest absolute Gasteiger partial charge is 0.345 e. The van der Waals surface area contributed by atoms with Gasteiger partial charge < -0.3 is 14.4 Å². The second kappa shape index (κ2) is 7.91. The van der Waals surface area contributed by atoms with E-state index in [-0.39, 0.29) is 22.0 Å². The van der Waals surface area contributed by atoms with Gasteiger partial charge in [0.1, 0.15) is 5.82 Å². The molecule has 2 aliphatic rings. The molecule has 3 nitrogen and oxygen atoms in total. The first-order valence-corrected chi connectivity index (χ1v) is 14.2. The SMILES string of the molecule is CC1=C2N(c3cccc(-n4c5ccccc5c5ccccc54)c3)C(C)(C)C(C)(C)N2C(C)(C)C(C)(C)CC1. The molecule has 0 atom stereocenters. The summed E-state index contributed by atoms with van der Waals surface area (Å²) in [6, 6.07) is 26.8. The van der Waals surface area contributed by atoms with Gasteiger partial charge in [-0.1, -0.05) is 56.3 Å². The van der Waals surface area contributed by atoms with Crippen molar-refractivity contribution in [3.63, 3.8) is 0 Å². The summed E-state index contributed by atoms with van der Waals surface area (Å²) in [4.78, 5) is 5.43. The first kappa shape index (κ1) is 25.1. The number of hydrogen-bond acceptors (Lipinski definition) is 2. The number of para-hydroxylation sites is 2. The first-order chi connectivity index (χ1) is 17.8. The third-order valence-corrected chi connectivity index (χ3v) is 10.7. The Balaban J connectivity index is 1.59. The highest BCUT2D eigenvalue weighted by atomic mass is 15.5. The highest BCUT2D eigenvalue weighted by molar-refractivity contribution is 6.09. The normalized spacial score (nSPS) is 21.7. The zero-order valence-electron chi connectivity index (χ0n) is 24.7. The molecule has 3 heterocycles. The van der Waals surface area contributed by atoms with Crippen LogP contribution in [0.25, 0.3) is 27.5 Å². The molecular formula is C35H43N3. The molecule has 6 rings (SSSR count). The lowest BCUT2D eigenvalue weighted by Gasteiger charge is -2.54. The molecule has 0 aliphatic carbocycles. The summed E-state index contributed by atoms with van der Waals surface area (Å²) in [6.07, 6.45) is 2.31. The predicted octanol–water partition coefficient (Wildman–Crippen LogP) is 9.29. The second-order valence-corrected chi connectivity index (χ2v) is 13.7. The van der Waals surface area contributed by atoms with Gasteiger partial charge in [0.2, 0.25) is 0 Å². The summed E-state index contributed by atoms with van der Waals surface area (Å²) >= 11 is 0. The molecule has 3 aromatic carbocycles. The minimum atomic E-state index is -0.117. The third kappa shape index (κ3) is 3.14. The number of allylic oxidation sites excluding steroid dienone is 1. The Kier molecular flexibility index (Phi) is 5.22. The van der Waals surface area contributed by atoms with E-state index in [0.29, 0.717) is 0 Å². The predicted molar refractivity (Wildman–Crippen MR) is 163 cm³/mol. The van der Waals surface area contributed by atoms with Crippen molar-refractivity contribution in [3.8, 4) is 5.69 Å². The van der Waals surface area contributed by atoms with Gasteiger partial charge in [0.15, 0.2) is 0 Å². The van der Waals surface area contributed by atoms with Crippen molar-refractivity contribution in [1.82, 2.24) is 9.47 Å². The van der Waals surface area contributed by atoms with Crippen LogP contribution in [0.15, 0.2) is 84.2 Å².